The third-order valence-electron chi connectivity index (χ3n) is 5.06. The van der Waals surface area contributed by atoms with E-state index in [-0.39, 0.29) is 5.91 Å². The van der Waals surface area contributed by atoms with E-state index in [2.05, 4.69) is 15.2 Å². The predicted octanol–water partition coefficient (Wildman–Crippen LogP) is 5.51. The summed E-state index contributed by atoms with van der Waals surface area (Å²) in [6, 6.07) is 20.7. The first-order valence-corrected chi connectivity index (χ1v) is 10.1. The Bertz CT molecular complexity index is 934. The van der Waals surface area contributed by atoms with Gasteiger partial charge in [-0.3, -0.25) is 4.79 Å². The fraction of sp³-hybridized carbons (Fsp3) is 0.250. The summed E-state index contributed by atoms with van der Waals surface area (Å²) in [5.41, 5.74) is 2.08. The van der Waals surface area contributed by atoms with Crippen LogP contribution in [-0.4, -0.2) is 24.0 Å². The first kappa shape index (κ1) is 19.0. The quantitative estimate of drug-likeness (QED) is 0.627. The van der Waals surface area contributed by atoms with Gasteiger partial charge in [-0.1, -0.05) is 43.2 Å². The van der Waals surface area contributed by atoms with Gasteiger partial charge in [-0.15, -0.1) is 0 Å². The van der Waals surface area contributed by atoms with Crippen molar-refractivity contribution < 1.29 is 9.53 Å². The summed E-state index contributed by atoms with van der Waals surface area (Å²) in [5, 5.41) is 2.92. The van der Waals surface area contributed by atoms with Crippen LogP contribution in [0.1, 0.15) is 36.2 Å². The lowest BCUT2D eigenvalue weighted by molar-refractivity contribution is 0.102. The van der Waals surface area contributed by atoms with Crippen molar-refractivity contribution in [2.75, 3.05) is 23.3 Å². The molecule has 2 heterocycles. The fourth-order valence-corrected chi connectivity index (χ4v) is 3.50. The normalized spacial score (nSPS) is 14.1. The number of aromatic nitrogens is 1. The molecule has 5 heteroatoms. The predicted molar refractivity (Wildman–Crippen MR) is 116 cm³/mol. The summed E-state index contributed by atoms with van der Waals surface area (Å²) in [4.78, 5) is 19.5. The van der Waals surface area contributed by atoms with Gasteiger partial charge in [0.15, 0.2) is 5.75 Å². The topological polar surface area (TPSA) is 54.5 Å². The molecule has 0 saturated carbocycles. The van der Waals surface area contributed by atoms with Gasteiger partial charge in [0.2, 0.25) is 0 Å². The SMILES string of the molecule is O=C(Nc1ccccc1Oc1ccccc1)c1ccc(N2CCCCCC2)cn1. The molecule has 4 rings (SSSR count). The van der Waals surface area contributed by atoms with Crippen molar-refractivity contribution in [3.8, 4) is 11.5 Å². The van der Waals surface area contributed by atoms with Crippen LogP contribution in [0.3, 0.4) is 0 Å². The van der Waals surface area contributed by atoms with Gasteiger partial charge in [-0.05, 0) is 49.2 Å². The van der Waals surface area contributed by atoms with Crippen molar-refractivity contribution in [3.05, 3.63) is 78.6 Å². The minimum atomic E-state index is -0.253. The molecule has 0 atom stereocenters. The molecule has 1 aromatic heterocycles. The molecule has 0 unspecified atom stereocenters. The van der Waals surface area contributed by atoms with Gasteiger partial charge in [0.05, 0.1) is 17.6 Å². The number of benzene rings is 2. The van der Waals surface area contributed by atoms with Crippen molar-refractivity contribution in [1.82, 2.24) is 4.98 Å². The summed E-state index contributed by atoms with van der Waals surface area (Å²) in [6.07, 6.45) is 6.79. The first-order chi connectivity index (χ1) is 14.3. The first-order valence-electron chi connectivity index (χ1n) is 10.1. The number of hydrogen-bond donors (Lipinski definition) is 1. The number of pyridine rings is 1. The Morgan fingerprint density at radius 1 is 0.862 bits per heavy atom. The molecule has 1 N–H and O–H groups in total. The van der Waals surface area contributed by atoms with Crippen LogP contribution in [0.25, 0.3) is 0 Å². The smallest absolute Gasteiger partial charge is 0.274 e. The number of amides is 1. The maximum absolute atomic E-state index is 12.7. The largest absolute Gasteiger partial charge is 0.455 e. The van der Waals surface area contributed by atoms with E-state index in [1.807, 2.05) is 60.7 Å². The van der Waals surface area contributed by atoms with Crippen LogP contribution in [0.15, 0.2) is 72.9 Å². The molecule has 29 heavy (non-hydrogen) atoms. The Morgan fingerprint density at radius 3 is 2.31 bits per heavy atom. The molecule has 1 saturated heterocycles. The van der Waals surface area contributed by atoms with E-state index < -0.39 is 0 Å². The molecule has 5 nitrogen and oxygen atoms in total. The van der Waals surface area contributed by atoms with Crippen LogP contribution in [0.5, 0.6) is 11.5 Å². The van der Waals surface area contributed by atoms with Crippen molar-refractivity contribution >= 4 is 17.3 Å². The number of hydrogen-bond acceptors (Lipinski definition) is 4. The summed E-state index contributed by atoms with van der Waals surface area (Å²) >= 11 is 0. The molecule has 148 valence electrons. The molecule has 1 aliphatic rings. The highest BCUT2D eigenvalue weighted by Gasteiger charge is 2.14. The lowest BCUT2D eigenvalue weighted by Gasteiger charge is -2.22. The van der Waals surface area contributed by atoms with Crippen molar-refractivity contribution in [2.45, 2.75) is 25.7 Å². The molecule has 1 aliphatic heterocycles. The van der Waals surface area contributed by atoms with E-state index in [9.17, 15) is 4.79 Å². The number of para-hydroxylation sites is 3. The molecule has 2 aromatic carbocycles. The van der Waals surface area contributed by atoms with Crippen molar-refractivity contribution in [1.29, 1.82) is 0 Å². The van der Waals surface area contributed by atoms with E-state index >= 15 is 0 Å². The molecule has 0 spiro atoms. The van der Waals surface area contributed by atoms with Gasteiger partial charge < -0.3 is 15.0 Å². The highest BCUT2D eigenvalue weighted by atomic mass is 16.5. The van der Waals surface area contributed by atoms with E-state index in [1.54, 1.807) is 12.3 Å². The molecule has 1 amide bonds. The Balaban J connectivity index is 1.45. The van der Waals surface area contributed by atoms with Gasteiger partial charge in [-0.25, -0.2) is 4.98 Å². The monoisotopic (exact) mass is 387 g/mol. The Kier molecular flexibility index (Phi) is 6.05. The Hall–Kier alpha value is -3.34. The number of ether oxygens (including phenoxy) is 1. The van der Waals surface area contributed by atoms with E-state index in [1.165, 1.54) is 25.7 Å². The number of anilines is 2. The third kappa shape index (κ3) is 4.93. The molecule has 3 aromatic rings. The van der Waals surface area contributed by atoms with Gasteiger partial charge >= 0.3 is 0 Å². The van der Waals surface area contributed by atoms with E-state index in [0.29, 0.717) is 22.9 Å². The molecule has 1 fully saturated rings. The van der Waals surface area contributed by atoms with Crippen LogP contribution >= 0.6 is 0 Å². The molecule has 0 radical (unpaired) electrons. The zero-order valence-electron chi connectivity index (χ0n) is 16.4. The highest BCUT2D eigenvalue weighted by Crippen LogP contribution is 2.29. The lowest BCUT2D eigenvalue weighted by Crippen LogP contribution is -2.24. The van der Waals surface area contributed by atoms with Gasteiger partial charge in [0.25, 0.3) is 5.91 Å². The van der Waals surface area contributed by atoms with E-state index in [4.69, 9.17) is 4.74 Å². The van der Waals surface area contributed by atoms with Gasteiger partial charge in [0, 0.05) is 13.1 Å². The average Bonchev–Trinajstić information content (AvgIpc) is 3.06. The lowest BCUT2D eigenvalue weighted by atomic mass is 10.2. The minimum absolute atomic E-state index is 0.253. The summed E-state index contributed by atoms with van der Waals surface area (Å²) in [7, 11) is 0. The van der Waals surface area contributed by atoms with Gasteiger partial charge in [0.1, 0.15) is 11.4 Å². The number of nitrogens with zero attached hydrogens (tertiary/aromatic N) is 2. The Morgan fingerprint density at radius 2 is 1.59 bits per heavy atom. The second kappa shape index (κ2) is 9.24. The summed E-state index contributed by atoms with van der Waals surface area (Å²) in [5.74, 6) is 1.05. The number of carbonyl (C=O) groups excluding carboxylic acids is 1. The van der Waals surface area contributed by atoms with Crippen LogP contribution < -0.4 is 15.0 Å². The third-order valence-corrected chi connectivity index (χ3v) is 5.06. The second-order valence-corrected chi connectivity index (χ2v) is 7.17. The van der Waals surface area contributed by atoms with Crippen LogP contribution in [0.2, 0.25) is 0 Å². The van der Waals surface area contributed by atoms with Crippen molar-refractivity contribution in [3.63, 3.8) is 0 Å². The number of nitrogens with one attached hydrogen (secondary N) is 1. The van der Waals surface area contributed by atoms with Crippen molar-refractivity contribution in [2.24, 2.45) is 0 Å². The maximum Gasteiger partial charge on any atom is 0.274 e. The van der Waals surface area contributed by atoms with Crippen LogP contribution in [0.4, 0.5) is 11.4 Å². The zero-order chi connectivity index (χ0) is 19.9. The number of rotatable bonds is 5. The molecule has 0 aliphatic carbocycles. The second-order valence-electron chi connectivity index (χ2n) is 7.17. The van der Waals surface area contributed by atoms with Gasteiger partial charge in [-0.2, -0.15) is 0 Å². The molecular weight excluding hydrogens is 362 g/mol. The van der Waals surface area contributed by atoms with Crippen LogP contribution in [0, 0.1) is 0 Å². The highest BCUT2D eigenvalue weighted by molar-refractivity contribution is 6.03. The Labute approximate surface area is 171 Å². The summed E-state index contributed by atoms with van der Waals surface area (Å²) in [6.45, 7) is 2.11. The minimum Gasteiger partial charge on any atom is -0.455 e. The van der Waals surface area contributed by atoms with Crippen LogP contribution in [-0.2, 0) is 0 Å². The zero-order valence-corrected chi connectivity index (χ0v) is 16.4. The molecular formula is C24H25N3O2. The summed E-state index contributed by atoms with van der Waals surface area (Å²) < 4.78 is 5.91. The number of carbonyl (C=O) groups is 1. The molecule has 0 bridgehead atoms. The standard InChI is InChI=1S/C24H25N3O2/c28-24(22-15-14-19(18-25-22)27-16-8-1-2-9-17-27)26-21-12-6-7-13-23(21)29-20-10-4-3-5-11-20/h3-7,10-15,18H,1-2,8-9,16-17H2,(H,26,28). The average molecular weight is 387 g/mol. The van der Waals surface area contributed by atoms with E-state index in [0.717, 1.165) is 18.8 Å². The fourth-order valence-electron chi connectivity index (χ4n) is 3.50. The maximum atomic E-state index is 12.7.